The molecule has 2 aromatic carbocycles. The number of methoxy groups -OCH3 is 1. The maximum Gasteiger partial charge on any atom is 0.335 e. The van der Waals surface area contributed by atoms with Gasteiger partial charge in [0.25, 0.3) is 0 Å². The van der Waals surface area contributed by atoms with Crippen molar-refractivity contribution in [2.45, 2.75) is 0 Å². The second-order valence-electron chi connectivity index (χ2n) is 4.64. The number of benzene rings is 2. The van der Waals surface area contributed by atoms with Crippen LogP contribution in [0.4, 0.5) is 0 Å². The molecule has 0 radical (unpaired) electrons. The minimum atomic E-state index is -0.931. The predicted molar refractivity (Wildman–Crippen MR) is 80.7 cm³/mol. The van der Waals surface area contributed by atoms with Gasteiger partial charge in [-0.1, -0.05) is 24.3 Å². The lowest BCUT2D eigenvalue weighted by molar-refractivity contribution is 0.0697. The van der Waals surface area contributed by atoms with Gasteiger partial charge in [0.2, 0.25) is 5.88 Å². The summed E-state index contributed by atoms with van der Waals surface area (Å²) in [5, 5.41) is 11.0. The molecule has 0 aliphatic rings. The van der Waals surface area contributed by atoms with Crippen LogP contribution in [0, 0.1) is 0 Å². The first-order valence-electron chi connectivity index (χ1n) is 6.45. The molecule has 0 aliphatic carbocycles. The molecule has 104 valence electrons. The topological polar surface area (TPSA) is 59.4 Å². The van der Waals surface area contributed by atoms with Crippen molar-refractivity contribution in [1.29, 1.82) is 0 Å². The molecule has 0 saturated carbocycles. The van der Waals surface area contributed by atoms with Crippen LogP contribution in [-0.2, 0) is 0 Å². The van der Waals surface area contributed by atoms with E-state index in [1.807, 2.05) is 30.3 Å². The van der Waals surface area contributed by atoms with Gasteiger partial charge in [0, 0.05) is 17.8 Å². The summed E-state index contributed by atoms with van der Waals surface area (Å²) in [6, 6.07) is 14.7. The van der Waals surface area contributed by atoms with E-state index in [-0.39, 0.29) is 5.56 Å². The number of carboxylic acids is 1. The van der Waals surface area contributed by atoms with E-state index in [1.165, 1.54) is 0 Å². The van der Waals surface area contributed by atoms with Crippen LogP contribution in [0.25, 0.3) is 21.9 Å². The van der Waals surface area contributed by atoms with Gasteiger partial charge < -0.3 is 9.84 Å². The largest absolute Gasteiger partial charge is 0.481 e. The zero-order valence-electron chi connectivity index (χ0n) is 11.4. The molecule has 1 heterocycles. The summed E-state index contributed by atoms with van der Waals surface area (Å²) in [6.45, 7) is 0. The molecule has 0 bridgehead atoms. The van der Waals surface area contributed by atoms with E-state index < -0.39 is 5.97 Å². The van der Waals surface area contributed by atoms with Crippen molar-refractivity contribution < 1.29 is 14.6 Å². The molecule has 4 nitrogen and oxygen atoms in total. The Morgan fingerprint density at radius 2 is 2.00 bits per heavy atom. The Morgan fingerprint density at radius 3 is 2.67 bits per heavy atom. The van der Waals surface area contributed by atoms with E-state index in [1.54, 1.807) is 31.5 Å². The van der Waals surface area contributed by atoms with Crippen molar-refractivity contribution in [2.75, 3.05) is 7.11 Å². The fraction of sp³-hybridized carbons (Fsp3) is 0.0588. The number of fused-ring (bicyclic) bond motifs is 1. The summed E-state index contributed by atoms with van der Waals surface area (Å²) in [7, 11) is 1.57. The number of nitrogens with zero attached hydrogens (tertiary/aromatic N) is 1. The molecule has 0 spiro atoms. The monoisotopic (exact) mass is 279 g/mol. The first-order chi connectivity index (χ1) is 10.2. The molecule has 21 heavy (non-hydrogen) atoms. The van der Waals surface area contributed by atoms with Crippen LogP contribution in [0.15, 0.2) is 54.7 Å². The van der Waals surface area contributed by atoms with Crippen molar-refractivity contribution in [3.63, 3.8) is 0 Å². The van der Waals surface area contributed by atoms with Crippen LogP contribution in [-0.4, -0.2) is 23.2 Å². The standard InChI is InChI=1S/C17H13NO3/c1-21-16-8-7-13(10-18-16)14-4-2-3-11-5-6-12(17(19)20)9-15(11)14/h2-10H,1H3,(H,19,20). The third kappa shape index (κ3) is 2.43. The summed E-state index contributed by atoms with van der Waals surface area (Å²) in [6.07, 6.45) is 1.72. The minimum Gasteiger partial charge on any atom is -0.481 e. The predicted octanol–water partition coefficient (Wildman–Crippen LogP) is 3.61. The van der Waals surface area contributed by atoms with Crippen LogP contribution in [0.1, 0.15) is 10.4 Å². The average Bonchev–Trinajstić information content (AvgIpc) is 2.54. The maximum atomic E-state index is 11.1. The second-order valence-corrected chi connectivity index (χ2v) is 4.64. The average molecular weight is 279 g/mol. The Hall–Kier alpha value is -2.88. The first kappa shape index (κ1) is 13.1. The third-order valence-electron chi connectivity index (χ3n) is 3.39. The Balaban J connectivity index is 2.20. The lowest BCUT2D eigenvalue weighted by Gasteiger charge is -2.08. The molecule has 3 aromatic rings. The van der Waals surface area contributed by atoms with Gasteiger partial charge in [-0.05, 0) is 34.5 Å². The summed E-state index contributed by atoms with van der Waals surface area (Å²) in [4.78, 5) is 15.3. The van der Waals surface area contributed by atoms with Crippen LogP contribution in [0.5, 0.6) is 5.88 Å². The summed E-state index contributed by atoms with van der Waals surface area (Å²) in [5.41, 5.74) is 2.14. The molecular weight excluding hydrogens is 266 g/mol. The fourth-order valence-electron chi connectivity index (χ4n) is 2.32. The molecule has 1 aromatic heterocycles. The Bertz CT molecular complexity index is 810. The highest BCUT2D eigenvalue weighted by Gasteiger charge is 2.08. The van der Waals surface area contributed by atoms with E-state index in [4.69, 9.17) is 9.84 Å². The zero-order valence-corrected chi connectivity index (χ0v) is 11.4. The number of rotatable bonds is 3. The van der Waals surface area contributed by atoms with Crippen molar-refractivity contribution >= 4 is 16.7 Å². The second kappa shape index (κ2) is 5.25. The molecule has 0 aliphatic heterocycles. The smallest absolute Gasteiger partial charge is 0.335 e. The van der Waals surface area contributed by atoms with Gasteiger partial charge in [-0.15, -0.1) is 0 Å². The highest BCUT2D eigenvalue weighted by molar-refractivity contribution is 6.01. The van der Waals surface area contributed by atoms with Crippen LogP contribution in [0.3, 0.4) is 0 Å². The number of aromatic carboxylic acids is 1. The summed E-state index contributed by atoms with van der Waals surface area (Å²) >= 11 is 0. The number of aromatic nitrogens is 1. The highest BCUT2D eigenvalue weighted by Crippen LogP contribution is 2.29. The van der Waals surface area contributed by atoms with E-state index >= 15 is 0 Å². The number of ether oxygens (including phenoxy) is 1. The van der Waals surface area contributed by atoms with Crippen LogP contribution >= 0.6 is 0 Å². The van der Waals surface area contributed by atoms with Crippen molar-refractivity contribution in [3.8, 4) is 17.0 Å². The lowest BCUT2D eigenvalue weighted by Crippen LogP contribution is -1.96. The Morgan fingerprint density at radius 1 is 1.14 bits per heavy atom. The van der Waals surface area contributed by atoms with Crippen LogP contribution < -0.4 is 4.74 Å². The maximum absolute atomic E-state index is 11.1. The van der Waals surface area contributed by atoms with Crippen molar-refractivity contribution in [2.24, 2.45) is 0 Å². The van der Waals surface area contributed by atoms with Gasteiger partial charge in [0.1, 0.15) is 0 Å². The first-order valence-corrected chi connectivity index (χ1v) is 6.45. The lowest BCUT2D eigenvalue weighted by atomic mass is 9.98. The van der Waals surface area contributed by atoms with Gasteiger partial charge in [0.05, 0.1) is 12.7 Å². The molecule has 4 heteroatoms. The quantitative estimate of drug-likeness (QED) is 0.795. The molecule has 0 atom stereocenters. The zero-order chi connectivity index (χ0) is 14.8. The van der Waals surface area contributed by atoms with Gasteiger partial charge in [-0.3, -0.25) is 0 Å². The fourth-order valence-corrected chi connectivity index (χ4v) is 2.32. The number of pyridine rings is 1. The number of carboxylic acid groups (broad SMARTS) is 1. The normalized spacial score (nSPS) is 10.5. The van der Waals surface area contributed by atoms with E-state index in [2.05, 4.69) is 4.98 Å². The summed E-state index contributed by atoms with van der Waals surface area (Å²) in [5.74, 6) is -0.384. The van der Waals surface area contributed by atoms with Crippen molar-refractivity contribution in [1.82, 2.24) is 4.98 Å². The SMILES string of the molecule is COc1ccc(-c2cccc3ccc(C(=O)O)cc23)cn1. The van der Waals surface area contributed by atoms with E-state index in [9.17, 15) is 4.79 Å². The van der Waals surface area contributed by atoms with Gasteiger partial charge >= 0.3 is 5.97 Å². The molecule has 0 unspecified atom stereocenters. The number of carbonyl (C=O) groups is 1. The van der Waals surface area contributed by atoms with E-state index in [0.717, 1.165) is 21.9 Å². The van der Waals surface area contributed by atoms with Crippen molar-refractivity contribution in [3.05, 3.63) is 60.3 Å². The van der Waals surface area contributed by atoms with Gasteiger partial charge in [-0.2, -0.15) is 0 Å². The van der Waals surface area contributed by atoms with E-state index in [0.29, 0.717) is 5.88 Å². The molecule has 0 saturated heterocycles. The Kier molecular flexibility index (Phi) is 3.28. The van der Waals surface area contributed by atoms with Crippen LogP contribution in [0.2, 0.25) is 0 Å². The molecule has 0 fully saturated rings. The molecular formula is C17H13NO3. The Labute approximate surface area is 121 Å². The minimum absolute atomic E-state index is 0.274. The third-order valence-corrected chi connectivity index (χ3v) is 3.39. The molecule has 3 rings (SSSR count). The molecule has 1 N–H and O–H groups in total. The number of hydrogen-bond donors (Lipinski definition) is 1. The summed E-state index contributed by atoms with van der Waals surface area (Å²) < 4.78 is 5.05. The molecule has 0 amide bonds. The number of hydrogen-bond acceptors (Lipinski definition) is 3. The highest BCUT2D eigenvalue weighted by atomic mass is 16.5. The van der Waals surface area contributed by atoms with Gasteiger partial charge in [-0.25, -0.2) is 9.78 Å². The van der Waals surface area contributed by atoms with Gasteiger partial charge in [0.15, 0.2) is 0 Å².